The van der Waals surface area contributed by atoms with E-state index in [0.29, 0.717) is 13.0 Å². The average Bonchev–Trinajstić information content (AvgIpc) is 2.71. The molecular weight excluding hydrogens is 294 g/mol. The van der Waals surface area contributed by atoms with Crippen molar-refractivity contribution in [3.05, 3.63) is 34.9 Å². The summed E-state index contributed by atoms with van der Waals surface area (Å²) in [6, 6.07) is 8.30. The van der Waals surface area contributed by atoms with E-state index < -0.39 is 0 Å². The lowest BCUT2D eigenvalue weighted by Gasteiger charge is -2.14. The highest BCUT2D eigenvalue weighted by atomic mass is 79.9. The van der Waals surface area contributed by atoms with E-state index in [1.165, 1.54) is 5.39 Å². The van der Waals surface area contributed by atoms with Crippen LogP contribution < -0.4 is 0 Å². The summed E-state index contributed by atoms with van der Waals surface area (Å²) in [4.78, 5) is 11.5. The van der Waals surface area contributed by atoms with E-state index in [9.17, 15) is 4.79 Å². The fourth-order valence-electron chi connectivity index (χ4n) is 2.08. The molecular formula is C14H16BrNO2. The summed E-state index contributed by atoms with van der Waals surface area (Å²) in [6.07, 6.45) is 2.41. The van der Waals surface area contributed by atoms with Gasteiger partial charge in [0.2, 0.25) is 0 Å². The number of carbonyl (C=O) groups excluding carboxylic acids is 1. The number of hydrogen-bond donors (Lipinski definition) is 0. The summed E-state index contributed by atoms with van der Waals surface area (Å²) >= 11 is 3.46. The molecule has 0 spiro atoms. The molecule has 1 unspecified atom stereocenters. The molecule has 18 heavy (non-hydrogen) atoms. The topological polar surface area (TPSA) is 31.2 Å². The first-order valence-corrected chi connectivity index (χ1v) is 6.83. The van der Waals surface area contributed by atoms with Crippen LogP contribution in [-0.4, -0.2) is 17.1 Å². The largest absolute Gasteiger partial charge is 0.466 e. The van der Waals surface area contributed by atoms with E-state index in [4.69, 9.17) is 4.74 Å². The fraction of sp³-hybridized carbons (Fsp3) is 0.357. The van der Waals surface area contributed by atoms with Gasteiger partial charge in [0.15, 0.2) is 0 Å². The Morgan fingerprint density at radius 1 is 1.44 bits per heavy atom. The van der Waals surface area contributed by atoms with Gasteiger partial charge in [0, 0.05) is 27.6 Å². The summed E-state index contributed by atoms with van der Waals surface area (Å²) in [5.41, 5.74) is 1.13. The molecule has 0 aliphatic heterocycles. The van der Waals surface area contributed by atoms with E-state index in [-0.39, 0.29) is 12.0 Å². The Labute approximate surface area is 115 Å². The lowest BCUT2D eigenvalue weighted by Crippen LogP contribution is -2.12. The maximum Gasteiger partial charge on any atom is 0.307 e. The molecule has 0 saturated carbocycles. The zero-order chi connectivity index (χ0) is 13.1. The van der Waals surface area contributed by atoms with Gasteiger partial charge >= 0.3 is 5.97 Å². The van der Waals surface area contributed by atoms with Crippen molar-refractivity contribution in [3.63, 3.8) is 0 Å². The molecule has 2 aromatic rings. The minimum absolute atomic E-state index is 0.0997. The van der Waals surface area contributed by atoms with Crippen LogP contribution in [0.15, 0.2) is 34.9 Å². The molecule has 0 N–H and O–H groups in total. The Kier molecular flexibility index (Phi) is 4.07. The molecule has 4 heteroatoms. The number of fused-ring (bicyclic) bond motifs is 1. The van der Waals surface area contributed by atoms with Gasteiger partial charge < -0.3 is 9.30 Å². The Balaban J connectivity index is 2.22. The van der Waals surface area contributed by atoms with Gasteiger partial charge in [-0.2, -0.15) is 0 Å². The maximum absolute atomic E-state index is 11.5. The molecule has 0 amide bonds. The average molecular weight is 310 g/mol. The Hall–Kier alpha value is -1.29. The summed E-state index contributed by atoms with van der Waals surface area (Å²) in [5.74, 6) is -0.149. The fourth-order valence-corrected chi connectivity index (χ4v) is 2.46. The zero-order valence-electron chi connectivity index (χ0n) is 10.5. The third-order valence-electron chi connectivity index (χ3n) is 2.92. The molecule has 1 aromatic carbocycles. The van der Waals surface area contributed by atoms with E-state index in [2.05, 4.69) is 38.7 Å². The van der Waals surface area contributed by atoms with Crippen molar-refractivity contribution in [2.24, 2.45) is 0 Å². The van der Waals surface area contributed by atoms with Crippen molar-refractivity contribution in [1.82, 2.24) is 4.57 Å². The quantitative estimate of drug-likeness (QED) is 0.802. The molecule has 1 atom stereocenters. The van der Waals surface area contributed by atoms with Crippen LogP contribution in [0.2, 0.25) is 0 Å². The van der Waals surface area contributed by atoms with Crippen LogP contribution in [0.5, 0.6) is 0 Å². The van der Waals surface area contributed by atoms with Crippen molar-refractivity contribution in [1.29, 1.82) is 0 Å². The van der Waals surface area contributed by atoms with Crippen LogP contribution in [0, 0.1) is 0 Å². The Bertz CT molecular complexity index is 562. The number of nitrogens with zero attached hydrogens (tertiary/aromatic N) is 1. The van der Waals surface area contributed by atoms with Gasteiger partial charge in [0.05, 0.1) is 13.0 Å². The minimum Gasteiger partial charge on any atom is -0.466 e. The molecule has 1 heterocycles. The summed E-state index contributed by atoms with van der Waals surface area (Å²) in [5, 5.41) is 1.17. The molecule has 0 aliphatic carbocycles. The van der Waals surface area contributed by atoms with Crippen molar-refractivity contribution in [2.45, 2.75) is 26.3 Å². The minimum atomic E-state index is -0.149. The lowest BCUT2D eigenvalue weighted by atomic mass is 10.2. The monoisotopic (exact) mass is 309 g/mol. The SMILES string of the molecule is CCOC(=O)CC(C)n1ccc2cc(Br)ccc21. The van der Waals surface area contributed by atoms with Gasteiger partial charge in [-0.3, -0.25) is 4.79 Å². The van der Waals surface area contributed by atoms with Gasteiger partial charge in [0.1, 0.15) is 0 Å². The van der Waals surface area contributed by atoms with Gasteiger partial charge in [-0.15, -0.1) is 0 Å². The number of esters is 1. The number of hydrogen-bond acceptors (Lipinski definition) is 2. The van der Waals surface area contributed by atoms with Crippen LogP contribution >= 0.6 is 15.9 Å². The van der Waals surface area contributed by atoms with Crippen molar-refractivity contribution in [3.8, 4) is 0 Å². The number of carbonyl (C=O) groups is 1. The van der Waals surface area contributed by atoms with Gasteiger partial charge in [-0.25, -0.2) is 0 Å². The highest BCUT2D eigenvalue weighted by Crippen LogP contribution is 2.25. The van der Waals surface area contributed by atoms with Crippen LogP contribution in [0.3, 0.4) is 0 Å². The number of aromatic nitrogens is 1. The summed E-state index contributed by atoms with van der Waals surface area (Å²) < 4.78 is 8.15. The van der Waals surface area contributed by atoms with E-state index in [0.717, 1.165) is 9.99 Å². The van der Waals surface area contributed by atoms with Gasteiger partial charge in [0.25, 0.3) is 0 Å². The molecule has 0 saturated heterocycles. The molecule has 96 valence electrons. The molecule has 0 radical (unpaired) electrons. The van der Waals surface area contributed by atoms with Crippen molar-refractivity contribution < 1.29 is 9.53 Å². The van der Waals surface area contributed by atoms with Gasteiger partial charge in [-0.1, -0.05) is 15.9 Å². The Morgan fingerprint density at radius 2 is 2.22 bits per heavy atom. The second-order valence-corrected chi connectivity index (χ2v) is 5.20. The number of rotatable bonds is 4. The first kappa shape index (κ1) is 13.1. The predicted molar refractivity (Wildman–Crippen MR) is 75.6 cm³/mol. The van der Waals surface area contributed by atoms with Gasteiger partial charge in [-0.05, 0) is 38.1 Å². The predicted octanol–water partition coefficient (Wildman–Crippen LogP) is 3.92. The standard InChI is InChI=1S/C14H16BrNO2/c1-3-18-14(17)8-10(2)16-7-6-11-9-12(15)4-5-13(11)16/h4-7,9-10H,3,8H2,1-2H3. The molecule has 1 aromatic heterocycles. The molecule has 0 aliphatic rings. The first-order chi connectivity index (χ1) is 8.61. The maximum atomic E-state index is 11.5. The molecule has 2 rings (SSSR count). The third-order valence-corrected chi connectivity index (χ3v) is 3.42. The second kappa shape index (κ2) is 5.57. The van der Waals surface area contributed by atoms with Crippen molar-refractivity contribution in [2.75, 3.05) is 6.61 Å². The summed E-state index contributed by atoms with van der Waals surface area (Å²) in [6.45, 7) is 4.29. The molecule has 0 fully saturated rings. The molecule has 3 nitrogen and oxygen atoms in total. The third kappa shape index (κ3) is 2.75. The number of halogens is 1. The first-order valence-electron chi connectivity index (χ1n) is 6.03. The Morgan fingerprint density at radius 3 is 2.94 bits per heavy atom. The van der Waals surface area contributed by atoms with E-state index in [1.54, 1.807) is 0 Å². The van der Waals surface area contributed by atoms with E-state index in [1.807, 2.05) is 26.1 Å². The highest BCUT2D eigenvalue weighted by Gasteiger charge is 2.13. The second-order valence-electron chi connectivity index (χ2n) is 4.28. The lowest BCUT2D eigenvalue weighted by molar-refractivity contribution is -0.143. The number of ether oxygens (including phenoxy) is 1. The van der Waals surface area contributed by atoms with Crippen LogP contribution in [0.25, 0.3) is 10.9 Å². The smallest absolute Gasteiger partial charge is 0.307 e. The van der Waals surface area contributed by atoms with Crippen LogP contribution in [-0.2, 0) is 9.53 Å². The van der Waals surface area contributed by atoms with Crippen LogP contribution in [0.1, 0.15) is 26.3 Å². The molecule has 0 bridgehead atoms. The van der Waals surface area contributed by atoms with Crippen molar-refractivity contribution >= 4 is 32.8 Å². The van der Waals surface area contributed by atoms with E-state index >= 15 is 0 Å². The van der Waals surface area contributed by atoms with Crippen LogP contribution in [0.4, 0.5) is 0 Å². The zero-order valence-corrected chi connectivity index (χ0v) is 12.1. The number of benzene rings is 1. The summed E-state index contributed by atoms with van der Waals surface area (Å²) in [7, 11) is 0. The normalized spacial score (nSPS) is 12.6. The highest BCUT2D eigenvalue weighted by molar-refractivity contribution is 9.10.